The van der Waals surface area contributed by atoms with E-state index in [1.54, 1.807) is 31.2 Å². The topological polar surface area (TPSA) is 93.7 Å². The number of amides is 2. The summed E-state index contributed by atoms with van der Waals surface area (Å²) in [5, 5.41) is 5.34. The SMILES string of the molecule is CCOC(=O)C1=C(COC(=O)c2ccc(-c3ccccc3)cc2)NC(=O)NC1c1ccccc1. The summed E-state index contributed by atoms with van der Waals surface area (Å²) in [6, 6.07) is 24.7. The Bertz CT molecular complexity index is 1200. The van der Waals surface area contributed by atoms with Gasteiger partial charge in [-0.15, -0.1) is 0 Å². The summed E-state index contributed by atoms with van der Waals surface area (Å²) in [7, 11) is 0. The number of ether oxygens (including phenoxy) is 2. The molecule has 0 saturated carbocycles. The van der Waals surface area contributed by atoms with E-state index in [0.29, 0.717) is 11.1 Å². The monoisotopic (exact) mass is 456 g/mol. The molecule has 1 aliphatic rings. The van der Waals surface area contributed by atoms with Crippen LogP contribution in [0.2, 0.25) is 0 Å². The van der Waals surface area contributed by atoms with Gasteiger partial charge in [-0.1, -0.05) is 72.8 Å². The molecule has 3 aromatic rings. The minimum atomic E-state index is -0.729. The molecular formula is C27H24N2O5. The number of hydrogen-bond acceptors (Lipinski definition) is 5. The molecule has 0 aromatic heterocycles. The zero-order valence-corrected chi connectivity index (χ0v) is 18.6. The second-order valence-electron chi connectivity index (χ2n) is 7.57. The van der Waals surface area contributed by atoms with Crippen molar-refractivity contribution in [3.05, 3.63) is 107 Å². The van der Waals surface area contributed by atoms with Gasteiger partial charge < -0.3 is 20.1 Å². The Morgan fingerprint density at radius 3 is 2.06 bits per heavy atom. The van der Waals surface area contributed by atoms with Crippen molar-refractivity contribution >= 4 is 18.0 Å². The molecule has 0 bridgehead atoms. The van der Waals surface area contributed by atoms with E-state index in [9.17, 15) is 14.4 Å². The highest BCUT2D eigenvalue weighted by Crippen LogP contribution is 2.28. The van der Waals surface area contributed by atoms with E-state index in [0.717, 1.165) is 11.1 Å². The Labute approximate surface area is 197 Å². The Kier molecular flexibility index (Phi) is 7.03. The zero-order valence-electron chi connectivity index (χ0n) is 18.6. The molecule has 1 aliphatic heterocycles. The van der Waals surface area contributed by atoms with Crippen LogP contribution in [-0.2, 0) is 14.3 Å². The van der Waals surface area contributed by atoms with Gasteiger partial charge in [0.15, 0.2) is 0 Å². The van der Waals surface area contributed by atoms with Gasteiger partial charge in [-0.2, -0.15) is 0 Å². The van der Waals surface area contributed by atoms with Gasteiger partial charge in [-0.25, -0.2) is 14.4 Å². The second kappa shape index (κ2) is 10.5. The average molecular weight is 456 g/mol. The van der Waals surface area contributed by atoms with Crippen molar-refractivity contribution in [3.63, 3.8) is 0 Å². The van der Waals surface area contributed by atoms with Gasteiger partial charge in [0, 0.05) is 0 Å². The van der Waals surface area contributed by atoms with Crippen LogP contribution < -0.4 is 10.6 Å². The van der Waals surface area contributed by atoms with Gasteiger partial charge in [0.1, 0.15) is 6.61 Å². The number of esters is 2. The first-order valence-corrected chi connectivity index (χ1v) is 10.9. The number of carbonyl (C=O) groups is 3. The fourth-order valence-electron chi connectivity index (χ4n) is 3.73. The van der Waals surface area contributed by atoms with Crippen LogP contribution in [0, 0.1) is 0 Å². The number of rotatable bonds is 7. The Morgan fingerprint density at radius 1 is 0.794 bits per heavy atom. The summed E-state index contributed by atoms with van der Waals surface area (Å²) in [4.78, 5) is 37.8. The fraction of sp³-hybridized carbons (Fsp3) is 0.148. The molecule has 1 heterocycles. The standard InChI is InChI=1S/C27H24N2O5/c1-2-33-26(31)23-22(28-27(32)29-24(23)20-11-7-4-8-12-20)17-34-25(30)21-15-13-19(14-16-21)18-9-5-3-6-10-18/h3-16,24H,2,17H2,1H3,(H2,28,29,32). The molecular weight excluding hydrogens is 432 g/mol. The van der Waals surface area contributed by atoms with Gasteiger partial charge in [0.2, 0.25) is 0 Å². The quantitative estimate of drug-likeness (QED) is 0.515. The molecule has 0 spiro atoms. The second-order valence-corrected chi connectivity index (χ2v) is 7.57. The summed E-state index contributed by atoms with van der Waals surface area (Å²) < 4.78 is 10.7. The van der Waals surface area contributed by atoms with Crippen molar-refractivity contribution in [1.29, 1.82) is 0 Å². The molecule has 172 valence electrons. The number of benzene rings is 3. The zero-order chi connectivity index (χ0) is 23.9. The maximum absolute atomic E-state index is 12.8. The minimum Gasteiger partial charge on any atom is -0.463 e. The summed E-state index contributed by atoms with van der Waals surface area (Å²) in [6.45, 7) is 1.58. The first-order chi connectivity index (χ1) is 16.6. The number of nitrogens with one attached hydrogen (secondary N) is 2. The van der Waals surface area contributed by atoms with E-state index >= 15 is 0 Å². The molecule has 2 amide bonds. The van der Waals surface area contributed by atoms with E-state index in [1.165, 1.54) is 0 Å². The molecule has 34 heavy (non-hydrogen) atoms. The lowest BCUT2D eigenvalue weighted by Crippen LogP contribution is -2.47. The van der Waals surface area contributed by atoms with Crippen LogP contribution in [0.3, 0.4) is 0 Å². The normalized spacial score (nSPS) is 15.2. The summed E-state index contributed by atoms with van der Waals surface area (Å²) >= 11 is 0. The summed E-state index contributed by atoms with van der Waals surface area (Å²) in [5.41, 5.74) is 3.46. The van der Waals surface area contributed by atoms with Crippen molar-refractivity contribution in [2.75, 3.05) is 13.2 Å². The molecule has 2 N–H and O–H groups in total. The minimum absolute atomic E-state index is 0.165. The van der Waals surface area contributed by atoms with E-state index in [4.69, 9.17) is 9.47 Å². The van der Waals surface area contributed by atoms with Crippen molar-refractivity contribution in [2.24, 2.45) is 0 Å². The van der Waals surface area contributed by atoms with Crippen LogP contribution in [0.1, 0.15) is 28.9 Å². The third-order valence-electron chi connectivity index (χ3n) is 5.36. The van der Waals surface area contributed by atoms with Crippen molar-refractivity contribution in [1.82, 2.24) is 10.6 Å². The average Bonchev–Trinajstić information content (AvgIpc) is 2.88. The van der Waals surface area contributed by atoms with Crippen LogP contribution >= 0.6 is 0 Å². The highest BCUT2D eigenvalue weighted by atomic mass is 16.5. The Morgan fingerprint density at radius 2 is 1.41 bits per heavy atom. The number of urea groups is 1. The maximum Gasteiger partial charge on any atom is 0.338 e. The van der Waals surface area contributed by atoms with Gasteiger partial charge >= 0.3 is 18.0 Å². The first-order valence-electron chi connectivity index (χ1n) is 10.9. The molecule has 0 saturated heterocycles. The predicted molar refractivity (Wildman–Crippen MR) is 127 cm³/mol. The highest BCUT2D eigenvalue weighted by Gasteiger charge is 2.34. The van der Waals surface area contributed by atoms with Gasteiger partial charge in [0.05, 0.1) is 29.5 Å². The van der Waals surface area contributed by atoms with Crippen LogP contribution in [0.25, 0.3) is 11.1 Å². The van der Waals surface area contributed by atoms with Crippen molar-refractivity contribution in [2.45, 2.75) is 13.0 Å². The lowest BCUT2D eigenvalue weighted by molar-refractivity contribution is -0.139. The van der Waals surface area contributed by atoms with Crippen molar-refractivity contribution < 1.29 is 23.9 Å². The lowest BCUT2D eigenvalue weighted by Gasteiger charge is -2.29. The molecule has 4 rings (SSSR count). The van der Waals surface area contributed by atoms with E-state index in [2.05, 4.69) is 10.6 Å². The predicted octanol–water partition coefficient (Wildman–Crippen LogP) is 4.38. The molecule has 1 unspecified atom stereocenters. The molecule has 1 atom stereocenters. The van der Waals surface area contributed by atoms with Gasteiger partial charge in [-0.3, -0.25) is 0 Å². The van der Waals surface area contributed by atoms with Crippen LogP contribution in [-0.4, -0.2) is 31.2 Å². The van der Waals surface area contributed by atoms with E-state index < -0.39 is 24.0 Å². The molecule has 0 radical (unpaired) electrons. The summed E-state index contributed by atoms with van der Waals surface area (Å²) in [5.74, 6) is -1.17. The number of hydrogen-bond donors (Lipinski definition) is 2. The molecule has 7 nitrogen and oxygen atoms in total. The molecule has 7 heteroatoms. The Balaban J connectivity index is 1.55. The van der Waals surface area contributed by atoms with E-state index in [-0.39, 0.29) is 24.5 Å². The Hall–Kier alpha value is -4.39. The number of carbonyl (C=O) groups excluding carboxylic acids is 3. The van der Waals surface area contributed by atoms with E-state index in [1.807, 2.05) is 60.7 Å². The molecule has 3 aromatic carbocycles. The third-order valence-corrected chi connectivity index (χ3v) is 5.36. The van der Waals surface area contributed by atoms with Crippen LogP contribution in [0.5, 0.6) is 0 Å². The highest BCUT2D eigenvalue weighted by molar-refractivity contribution is 5.95. The van der Waals surface area contributed by atoms with Gasteiger partial charge in [0.25, 0.3) is 0 Å². The van der Waals surface area contributed by atoms with Crippen molar-refractivity contribution in [3.8, 4) is 11.1 Å². The lowest BCUT2D eigenvalue weighted by atomic mass is 9.95. The van der Waals surface area contributed by atoms with Crippen LogP contribution in [0.4, 0.5) is 4.79 Å². The first kappa shape index (κ1) is 22.8. The summed E-state index contributed by atoms with van der Waals surface area (Å²) in [6.07, 6.45) is 0. The third kappa shape index (κ3) is 5.15. The fourth-order valence-corrected chi connectivity index (χ4v) is 3.73. The largest absolute Gasteiger partial charge is 0.463 e. The maximum atomic E-state index is 12.8. The van der Waals surface area contributed by atoms with Gasteiger partial charge in [-0.05, 0) is 35.7 Å². The smallest absolute Gasteiger partial charge is 0.338 e. The molecule has 0 aliphatic carbocycles. The van der Waals surface area contributed by atoms with Crippen LogP contribution in [0.15, 0.2) is 96.2 Å². The molecule has 0 fully saturated rings.